The molecule has 3 aromatic rings. The number of pyridine rings is 1. The molecule has 0 fully saturated rings. The van der Waals surface area contributed by atoms with Crippen molar-refractivity contribution in [2.75, 3.05) is 20.6 Å². The minimum Gasteiger partial charge on any atom is -0.348 e. The number of aromatic nitrogens is 3. The summed E-state index contributed by atoms with van der Waals surface area (Å²) in [5.74, 6) is -0.0878. The van der Waals surface area contributed by atoms with E-state index in [9.17, 15) is 4.79 Å². The predicted octanol–water partition coefficient (Wildman–Crippen LogP) is 2.86. The molecule has 0 saturated heterocycles. The van der Waals surface area contributed by atoms with Gasteiger partial charge in [0.1, 0.15) is 0 Å². The largest absolute Gasteiger partial charge is 0.348 e. The summed E-state index contributed by atoms with van der Waals surface area (Å²) in [6.45, 7) is 5.52. The van der Waals surface area contributed by atoms with Crippen LogP contribution in [0.4, 0.5) is 0 Å². The normalized spacial score (nSPS) is 12.7. The summed E-state index contributed by atoms with van der Waals surface area (Å²) in [5.41, 5.74) is 2.18. The van der Waals surface area contributed by atoms with Gasteiger partial charge in [0.2, 0.25) is 0 Å². The number of amides is 1. The Morgan fingerprint density at radius 3 is 2.88 bits per heavy atom. The van der Waals surface area contributed by atoms with E-state index in [1.54, 1.807) is 17.5 Å². The molecule has 7 heteroatoms. The maximum atomic E-state index is 12.9. The summed E-state index contributed by atoms with van der Waals surface area (Å²) in [6, 6.07) is 5.93. The zero-order valence-corrected chi connectivity index (χ0v) is 15.8. The number of likely N-dealkylation sites (N-methyl/N-ethyl adjacent to an activating group) is 1. The van der Waals surface area contributed by atoms with Gasteiger partial charge in [0.15, 0.2) is 5.65 Å². The van der Waals surface area contributed by atoms with Gasteiger partial charge in [0, 0.05) is 19.1 Å². The number of carbonyl (C=O) groups is 1. The lowest BCUT2D eigenvalue weighted by Crippen LogP contribution is -2.39. The van der Waals surface area contributed by atoms with Gasteiger partial charge in [-0.15, -0.1) is 11.3 Å². The third kappa shape index (κ3) is 3.72. The molecule has 0 aliphatic rings. The van der Waals surface area contributed by atoms with Crippen molar-refractivity contribution in [1.82, 2.24) is 25.0 Å². The van der Waals surface area contributed by atoms with Crippen LogP contribution in [-0.4, -0.2) is 52.3 Å². The van der Waals surface area contributed by atoms with Gasteiger partial charge in [0.05, 0.1) is 27.7 Å². The molecular weight excluding hydrogens is 334 g/mol. The monoisotopic (exact) mass is 357 g/mol. The Kier molecular flexibility index (Phi) is 5.15. The van der Waals surface area contributed by atoms with Gasteiger partial charge in [-0.3, -0.25) is 4.79 Å². The zero-order valence-electron chi connectivity index (χ0n) is 15.0. The van der Waals surface area contributed by atoms with Gasteiger partial charge >= 0.3 is 0 Å². The lowest BCUT2D eigenvalue weighted by molar-refractivity contribution is 0.0936. The highest BCUT2D eigenvalue weighted by Gasteiger charge is 2.19. The van der Waals surface area contributed by atoms with Crippen LogP contribution in [0.1, 0.15) is 24.2 Å². The van der Waals surface area contributed by atoms with E-state index in [0.717, 1.165) is 28.1 Å². The molecule has 0 saturated carbocycles. The molecule has 0 bridgehead atoms. The average molecular weight is 357 g/mol. The number of nitrogens with zero attached hydrogens (tertiary/aromatic N) is 4. The van der Waals surface area contributed by atoms with Crippen LogP contribution in [0.15, 0.2) is 29.8 Å². The van der Waals surface area contributed by atoms with E-state index in [1.165, 1.54) is 0 Å². The van der Waals surface area contributed by atoms with Crippen molar-refractivity contribution < 1.29 is 4.79 Å². The van der Waals surface area contributed by atoms with Gasteiger partial charge in [0.25, 0.3) is 5.91 Å². The molecule has 0 aliphatic heterocycles. The number of hydrogen-bond acceptors (Lipinski definition) is 5. The Morgan fingerprint density at radius 2 is 2.24 bits per heavy atom. The number of carbonyl (C=O) groups excluding carboxylic acids is 1. The highest BCUT2D eigenvalue weighted by molar-refractivity contribution is 7.13. The maximum absolute atomic E-state index is 12.9. The van der Waals surface area contributed by atoms with Crippen molar-refractivity contribution >= 4 is 28.3 Å². The number of hydrogen-bond donors (Lipinski definition) is 1. The first-order valence-electron chi connectivity index (χ1n) is 8.35. The van der Waals surface area contributed by atoms with Gasteiger partial charge in [-0.2, -0.15) is 5.10 Å². The topological polar surface area (TPSA) is 63.1 Å². The fraction of sp³-hybridized carbons (Fsp3) is 0.389. The fourth-order valence-corrected chi connectivity index (χ4v) is 3.60. The van der Waals surface area contributed by atoms with Gasteiger partial charge < -0.3 is 10.2 Å². The first-order chi connectivity index (χ1) is 12.0. The molecule has 0 aromatic carbocycles. The second-order valence-electron chi connectivity index (χ2n) is 6.37. The lowest BCUT2D eigenvalue weighted by Gasteiger charge is -2.18. The SMILES string of the molecule is CCn1ncc2c(C(=O)N[C@@H](C)CN(C)C)cc(-c3cccs3)nc21. The maximum Gasteiger partial charge on any atom is 0.252 e. The number of thiophene rings is 1. The summed E-state index contributed by atoms with van der Waals surface area (Å²) in [4.78, 5) is 20.7. The third-order valence-electron chi connectivity index (χ3n) is 3.94. The van der Waals surface area contributed by atoms with Crippen molar-refractivity contribution in [2.24, 2.45) is 0 Å². The average Bonchev–Trinajstić information content (AvgIpc) is 3.22. The Bertz CT molecular complexity index is 869. The van der Waals surface area contributed by atoms with Gasteiger partial charge in [-0.1, -0.05) is 6.07 Å². The van der Waals surface area contributed by atoms with Crippen LogP contribution in [0.3, 0.4) is 0 Å². The molecule has 1 amide bonds. The quantitative estimate of drug-likeness (QED) is 0.737. The molecule has 0 radical (unpaired) electrons. The number of aryl methyl sites for hydroxylation is 1. The van der Waals surface area contributed by atoms with E-state index in [4.69, 9.17) is 4.98 Å². The van der Waals surface area contributed by atoms with Crippen LogP contribution in [0.2, 0.25) is 0 Å². The smallest absolute Gasteiger partial charge is 0.252 e. The van der Waals surface area contributed by atoms with E-state index in [0.29, 0.717) is 12.1 Å². The minimum absolute atomic E-state index is 0.0529. The Labute approximate surface area is 151 Å². The van der Waals surface area contributed by atoms with Crippen molar-refractivity contribution in [3.8, 4) is 10.6 Å². The van der Waals surface area contributed by atoms with E-state index in [-0.39, 0.29) is 11.9 Å². The molecule has 25 heavy (non-hydrogen) atoms. The van der Waals surface area contributed by atoms with Crippen molar-refractivity contribution in [1.29, 1.82) is 0 Å². The van der Waals surface area contributed by atoms with Crippen LogP contribution in [-0.2, 0) is 6.54 Å². The van der Waals surface area contributed by atoms with E-state index in [2.05, 4.69) is 15.3 Å². The summed E-state index contributed by atoms with van der Waals surface area (Å²) in [6.07, 6.45) is 1.73. The Balaban J connectivity index is 2.03. The van der Waals surface area contributed by atoms with Gasteiger partial charge in [-0.05, 0) is 45.5 Å². The number of nitrogens with one attached hydrogen (secondary N) is 1. The first kappa shape index (κ1) is 17.6. The molecule has 0 aliphatic carbocycles. The summed E-state index contributed by atoms with van der Waals surface area (Å²) in [5, 5.41) is 10.3. The molecule has 6 nitrogen and oxygen atoms in total. The lowest BCUT2D eigenvalue weighted by atomic mass is 10.1. The fourth-order valence-electron chi connectivity index (χ4n) is 2.91. The highest BCUT2D eigenvalue weighted by atomic mass is 32.1. The van der Waals surface area contributed by atoms with Crippen LogP contribution in [0.25, 0.3) is 21.6 Å². The minimum atomic E-state index is -0.0878. The van der Waals surface area contributed by atoms with Crippen LogP contribution < -0.4 is 5.32 Å². The van der Waals surface area contributed by atoms with Crippen molar-refractivity contribution in [3.05, 3.63) is 35.3 Å². The molecule has 0 spiro atoms. The third-order valence-corrected chi connectivity index (χ3v) is 4.84. The molecule has 0 unspecified atom stereocenters. The summed E-state index contributed by atoms with van der Waals surface area (Å²) in [7, 11) is 3.99. The van der Waals surface area contributed by atoms with Gasteiger partial charge in [-0.25, -0.2) is 9.67 Å². The molecule has 3 heterocycles. The number of fused-ring (bicyclic) bond motifs is 1. The van der Waals surface area contributed by atoms with Crippen molar-refractivity contribution in [3.63, 3.8) is 0 Å². The van der Waals surface area contributed by atoms with E-state index in [1.807, 2.05) is 56.2 Å². The second kappa shape index (κ2) is 7.33. The molecule has 1 N–H and O–H groups in total. The summed E-state index contributed by atoms with van der Waals surface area (Å²) < 4.78 is 1.83. The predicted molar refractivity (Wildman–Crippen MR) is 102 cm³/mol. The van der Waals surface area contributed by atoms with E-state index >= 15 is 0 Å². The second-order valence-corrected chi connectivity index (χ2v) is 7.31. The zero-order chi connectivity index (χ0) is 18.0. The van der Waals surface area contributed by atoms with Crippen LogP contribution >= 0.6 is 11.3 Å². The highest BCUT2D eigenvalue weighted by Crippen LogP contribution is 2.28. The standard InChI is InChI=1S/C18H23N5OS/c1-5-23-17-14(10-19-23)13(18(24)20-12(2)11-22(3)4)9-15(21-17)16-7-6-8-25-16/h6-10,12H,5,11H2,1-4H3,(H,20,24)/t12-/m0/s1. The molecule has 3 aromatic heterocycles. The first-order valence-corrected chi connectivity index (χ1v) is 9.23. The molecule has 132 valence electrons. The van der Waals surface area contributed by atoms with Crippen LogP contribution in [0, 0.1) is 0 Å². The van der Waals surface area contributed by atoms with E-state index < -0.39 is 0 Å². The Hall–Kier alpha value is -2.25. The number of rotatable bonds is 6. The molecule has 1 atom stereocenters. The summed E-state index contributed by atoms with van der Waals surface area (Å²) >= 11 is 1.61. The van der Waals surface area contributed by atoms with Crippen molar-refractivity contribution in [2.45, 2.75) is 26.4 Å². The van der Waals surface area contributed by atoms with Crippen LogP contribution in [0.5, 0.6) is 0 Å². The molecular formula is C18H23N5OS. The molecule has 3 rings (SSSR count). The Morgan fingerprint density at radius 1 is 1.44 bits per heavy atom.